The number of nitrogens with zero attached hydrogens (tertiary/aromatic N) is 1. The van der Waals surface area contributed by atoms with Gasteiger partial charge in [-0.1, -0.05) is 33.6 Å². The Bertz CT molecular complexity index is 368. The summed E-state index contributed by atoms with van der Waals surface area (Å²) in [5.41, 5.74) is 0.983. The van der Waals surface area contributed by atoms with Crippen molar-refractivity contribution >= 4 is 27.5 Å². The summed E-state index contributed by atoms with van der Waals surface area (Å²) in [6.07, 6.45) is 0. The van der Waals surface area contributed by atoms with Gasteiger partial charge in [-0.05, 0) is 38.6 Å². The molecular formula is C12H16BrClFN. The first-order valence-electron chi connectivity index (χ1n) is 5.08. The molecule has 0 heterocycles. The van der Waals surface area contributed by atoms with Crippen molar-refractivity contribution in [2.75, 3.05) is 12.4 Å². The summed E-state index contributed by atoms with van der Waals surface area (Å²) in [6, 6.07) is 4.53. The van der Waals surface area contributed by atoms with Gasteiger partial charge in [-0.3, -0.25) is 4.90 Å². The lowest BCUT2D eigenvalue weighted by Gasteiger charge is -2.34. The summed E-state index contributed by atoms with van der Waals surface area (Å²) >= 11 is 9.47. The third-order valence-corrected chi connectivity index (χ3v) is 4.51. The van der Waals surface area contributed by atoms with Crippen LogP contribution in [-0.4, -0.2) is 22.8 Å². The van der Waals surface area contributed by atoms with E-state index < -0.39 is 0 Å². The average molecular weight is 309 g/mol. The van der Waals surface area contributed by atoms with Gasteiger partial charge in [0.1, 0.15) is 5.82 Å². The summed E-state index contributed by atoms with van der Waals surface area (Å²) < 4.78 is 12.9. The van der Waals surface area contributed by atoms with Crippen molar-refractivity contribution in [2.45, 2.75) is 25.9 Å². The number of rotatable bonds is 4. The molecule has 0 aliphatic carbocycles. The zero-order valence-corrected chi connectivity index (χ0v) is 12.1. The highest BCUT2D eigenvalue weighted by Gasteiger charge is 2.22. The predicted octanol–water partition coefficient (Wildman–Crippen LogP) is 4.08. The van der Waals surface area contributed by atoms with Gasteiger partial charge >= 0.3 is 0 Å². The first-order chi connectivity index (χ1) is 7.36. The van der Waals surface area contributed by atoms with Crippen LogP contribution in [0.25, 0.3) is 0 Å². The van der Waals surface area contributed by atoms with Crippen LogP contribution in [0.2, 0.25) is 5.02 Å². The van der Waals surface area contributed by atoms with E-state index in [4.69, 9.17) is 11.6 Å². The molecule has 0 saturated carbocycles. The van der Waals surface area contributed by atoms with E-state index in [1.807, 2.05) is 7.05 Å². The molecule has 0 aromatic heterocycles. The van der Waals surface area contributed by atoms with Crippen LogP contribution in [0.3, 0.4) is 0 Å². The van der Waals surface area contributed by atoms with Gasteiger partial charge in [0.25, 0.3) is 0 Å². The quantitative estimate of drug-likeness (QED) is 0.758. The minimum Gasteiger partial charge on any atom is -0.296 e. The van der Waals surface area contributed by atoms with Gasteiger partial charge in [0, 0.05) is 22.4 Å². The van der Waals surface area contributed by atoms with Crippen LogP contribution >= 0.6 is 27.5 Å². The van der Waals surface area contributed by atoms with Gasteiger partial charge in [-0.2, -0.15) is 0 Å². The summed E-state index contributed by atoms with van der Waals surface area (Å²) in [5.74, 6) is -0.295. The number of benzene rings is 1. The molecule has 0 unspecified atom stereocenters. The zero-order chi connectivity index (χ0) is 12.3. The normalized spacial score (nSPS) is 12.2. The van der Waals surface area contributed by atoms with Crippen LogP contribution in [0.5, 0.6) is 0 Å². The largest absolute Gasteiger partial charge is 0.296 e. The van der Waals surface area contributed by atoms with E-state index in [1.54, 1.807) is 6.07 Å². The molecule has 1 rings (SSSR count). The molecule has 4 heteroatoms. The third kappa shape index (κ3) is 3.44. The van der Waals surface area contributed by atoms with Crippen LogP contribution in [0.1, 0.15) is 19.4 Å². The maximum absolute atomic E-state index is 12.9. The summed E-state index contributed by atoms with van der Waals surface area (Å²) in [5, 5.41) is 1.35. The molecule has 90 valence electrons. The smallest absolute Gasteiger partial charge is 0.124 e. The van der Waals surface area contributed by atoms with Crippen molar-refractivity contribution in [1.82, 2.24) is 4.90 Å². The second-order valence-corrected chi connectivity index (χ2v) is 5.51. The predicted molar refractivity (Wildman–Crippen MR) is 70.8 cm³/mol. The van der Waals surface area contributed by atoms with E-state index in [2.05, 4.69) is 34.7 Å². The Morgan fingerprint density at radius 3 is 2.56 bits per heavy atom. The molecular weight excluding hydrogens is 292 g/mol. The van der Waals surface area contributed by atoms with Gasteiger partial charge < -0.3 is 0 Å². The molecule has 0 aliphatic rings. The van der Waals surface area contributed by atoms with Crippen LogP contribution in [0, 0.1) is 5.82 Å². The van der Waals surface area contributed by atoms with Crippen LogP contribution in [0.4, 0.5) is 4.39 Å². The lowest BCUT2D eigenvalue weighted by atomic mass is 10.1. The van der Waals surface area contributed by atoms with Crippen molar-refractivity contribution in [3.05, 3.63) is 34.6 Å². The Morgan fingerprint density at radius 2 is 2.06 bits per heavy atom. The van der Waals surface area contributed by atoms with Gasteiger partial charge in [0.05, 0.1) is 0 Å². The molecule has 0 N–H and O–H groups in total. The van der Waals surface area contributed by atoms with Gasteiger partial charge in [-0.25, -0.2) is 4.39 Å². The van der Waals surface area contributed by atoms with E-state index >= 15 is 0 Å². The highest BCUT2D eigenvalue weighted by atomic mass is 79.9. The molecule has 0 radical (unpaired) electrons. The molecule has 0 aliphatic heterocycles. The highest BCUT2D eigenvalue weighted by Crippen LogP contribution is 2.23. The fourth-order valence-corrected chi connectivity index (χ4v) is 1.88. The number of hydrogen-bond acceptors (Lipinski definition) is 1. The first kappa shape index (κ1) is 13.9. The average Bonchev–Trinajstić information content (AvgIpc) is 2.22. The maximum atomic E-state index is 12.9. The van der Waals surface area contributed by atoms with E-state index in [0.717, 1.165) is 10.9 Å². The molecule has 16 heavy (non-hydrogen) atoms. The minimum absolute atomic E-state index is 0.0394. The SMILES string of the molecule is CN(Cc1ccc(F)cc1Cl)C(C)(C)CBr. The summed E-state index contributed by atoms with van der Waals surface area (Å²) in [4.78, 5) is 2.18. The fourth-order valence-electron chi connectivity index (χ4n) is 1.22. The number of hydrogen-bond donors (Lipinski definition) is 0. The molecule has 0 bridgehead atoms. The Labute approximate surface area is 110 Å². The molecule has 0 fully saturated rings. The number of halogens is 3. The molecule has 1 nitrogen and oxygen atoms in total. The Morgan fingerprint density at radius 1 is 1.44 bits per heavy atom. The van der Waals surface area contributed by atoms with Crippen LogP contribution in [0.15, 0.2) is 18.2 Å². The zero-order valence-electron chi connectivity index (χ0n) is 9.73. The van der Waals surface area contributed by atoms with E-state index in [0.29, 0.717) is 11.6 Å². The van der Waals surface area contributed by atoms with Crippen LogP contribution in [-0.2, 0) is 6.54 Å². The van der Waals surface area contributed by atoms with E-state index in [-0.39, 0.29) is 11.4 Å². The van der Waals surface area contributed by atoms with Crippen molar-refractivity contribution in [3.8, 4) is 0 Å². The summed E-state index contributed by atoms with van der Waals surface area (Å²) in [7, 11) is 2.03. The molecule has 0 atom stereocenters. The lowest BCUT2D eigenvalue weighted by molar-refractivity contribution is 0.173. The first-order valence-corrected chi connectivity index (χ1v) is 6.58. The van der Waals surface area contributed by atoms with Crippen molar-refractivity contribution in [1.29, 1.82) is 0 Å². The highest BCUT2D eigenvalue weighted by molar-refractivity contribution is 9.09. The molecule has 0 spiro atoms. The minimum atomic E-state index is -0.295. The van der Waals surface area contributed by atoms with Crippen LogP contribution < -0.4 is 0 Å². The number of alkyl halides is 1. The maximum Gasteiger partial charge on any atom is 0.124 e. The summed E-state index contributed by atoms with van der Waals surface area (Å²) in [6.45, 7) is 4.98. The fraction of sp³-hybridized carbons (Fsp3) is 0.500. The second-order valence-electron chi connectivity index (χ2n) is 4.54. The molecule has 1 aromatic rings. The Hall–Kier alpha value is -0.120. The van der Waals surface area contributed by atoms with Gasteiger partial charge in [0.15, 0.2) is 0 Å². The van der Waals surface area contributed by atoms with E-state index in [9.17, 15) is 4.39 Å². The lowest BCUT2D eigenvalue weighted by Crippen LogP contribution is -2.42. The van der Waals surface area contributed by atoms with Crippen molar-refractivity contribution in [3.63, 3.8) is 0 Å². The molecule has 1 aromatic carbocycles. The third-order valence-electron chi connectivity index (χ3n) is 2.78. The van der Waals surface area contributed by atoms with Gasteiger partial charge in [0.2, 0.25) is 0 Å². The molecule has 0 saturated heterocycles. The van der Waals surface area contributed by atoms with E-state index in [1.165, 1.54) is 12.1 Å². The van der Waals surface area contributed by atoms with Gasteiger partial charge in [-0.15, -0.1) is 0 Å². The Balaban J connectivity index is 2.81. The van der Waals surface area contributed by atoms with Crippen molar-refractivity contribution in [2.24, 2.45) is 0 Å². The second kappa shape index (κ2) is 5.48. The standard InChI is InChI=1S/C12H16BrClFN/c1-12(2,8-13)16(3)7-9-4-5-10(15)6-11(9)14/h4-6H,7-8H2,1-3H3. The molecule has 0 amide bonds. The topological polar surface area (TPSA) is 3.24 Å². The van der Waals surface area contributed by atoms with Crippen molar-refractivity contribution < 1.29 is 4.39 Å². The monoisotopic (exact) mass is 307 g/mol. The Kier molecular flexibility index (Phi) is 4.77.